The summed E-state index contributed by atoms with van der Waals surface area (Å²) in [5, 5.41) is 0. The van der Waals surface area contributed by atoms with Crippen molar-refractivity contribution in [3.8, 4) is 0 Å². The van der Waals surface area contributed by atoms with Gasteiger partial charge in [0.15, 0.2) is 0 Å². The molecule has 0 aromatic heterocycles. The van der Waals surface area contributed by atoms with E-state index in [0.717, 1.165) is 19.4 Å². The monoisotopic (exact) mass is 292 g/mol. The van der Waals surface area contributed by atoms with Crippen molar-refractivity contribution in [3.63, 3.8) is 0 Å². The van der Waals surface area contributed by atoms with Gasteiger partial charge in [-0.05, 0) is 42.7 Å². The van der Waals surface area contributed by atoms with E-state index in [1.807, 2.05) is 11.8 Å². The molecule has 0 radical (unpaired) electrons. The van der Waals surface area contributed by atoms with Crippen LogP contribution in [0.3, 0.4) is 0 Å². The summed E-state index contributed by atoms with van der Waals surface area (Å²) in [5.74, 6) is 2.42. The maximum absolute atomic E-state index is 6.12. The lowest BCUT2D eigenvalue weighted by Gasteiger charge is -2.42. The molecule has 0 bridgehead atoms. The average Bonchev–Trinajstić information content (AvgIpc) is 2.94. The molecule has 20 heavy (non-hydrogen) atoms. The molecule has 110 valence electrons. The summed E-state index contributed by atoms with van der Waals surface area (Å²) >= 11 is 2.04. The molecule has 2 aliphatic heterocycles. The zero-order chi connectivity index (χ0) is 14.0. The van der Waals surface area contributed by atoms with Gasteiger partial charge in [0, 0.05) is 37.7 Å². The molecule has 0 aliphatic carbocycles. The normalized spacial score (nSPS) is 29.8. The van der Waals surface area contributed by atoms with Gasteiger partial charge in [0.05, 0.1) is 5.60 Å². The Kier molecular flexibility index (Phi) is 4.24. The lowest BCUT2D eigenvalue weighted by Crippen LogP contribution is -2.48. The number of nitrogens with two attached hydrogens (primary N) is 1. The molecule has 0 amide bonds. The van der Waals surface area contributed by atoms with Gasteiger partial charge in [-0.25, -0.2) is 0 Å². The van der Waals surface area contributed by atoms with Crippen molar-refractivity contribution < 1.29 is 4.74 Å². The maximum atomic E-state index is 6.12. The Morgan fingerprint density at radius 3 is 2.85 bits per heavy atom. The first-order valence-electron chi connectivity index (χ1n) is 7.46. The Morgan fingerprint density at radius 2 is 2.20 bits per heavy atom. The fraction of sp³-hybridized carbons (Fsp3) is 0.625. The Bertz CT molecular complexity index is 442. The fourth-order valence-electron chi connectivity index (χ4n) is 3.27. The first-order valence-corrected chi connectivity index (χ1v) is 8.61. The van der Waals surface area contributed by atoms with Crippen LogP contribution in [0.1, 0.15) is 24.8 Å². The molecule has 2 fully saturated rings. The van der Waals surface area contributed by atoms with E-state index in [9.17, 15) is 0 Å². The number of anilines is 1. The molecule has 2 aliphatic rings. The number of hydrogen-bond acceptors (Lipinski definition) is 4. The zero-order valence-electron chi connectivity index (χ0n) is 12.2. The van der Waals surface area contributed by atoms with Crippen LogP contribution < -0.4 is 10.6 Å². The third kappa shape index (κ3) is 2.83. The van der Waals surface area contributed by atoms with Gasteiger partial charge in [-0.3, -0.25) is 0 Å². The van der Waals surface area contributed by atoms with Gasteiger partial charge in [-0.15, -0.1) is 0 Å². The van der Waals surface area contributed by atoms with Crippen LogP contribution in [0.4, 0.5) is 5.69 Å². The summed E-state index contributed by atoms with van der Waals surface area (Å²) in [7, 11) is 2.21. The molecular formula is C16H24N2OS. The molecule has 1 aromatic carbocycles. The topological polar surface area (TPSA) is 38.5 Å². The van der Waals surface area contributed by atoms with E-state index < -0.39 is 0 Å². The van der Waals surface area contributed by atoms with Crippen molar-refractivity contribution in [2.75, 3.05) is 30.1 Å². The van der Waals surface area contributed by atoms with Crippen molar-refractivity contribution >= 4 is 17.4 Å². The van der Waals surface area contributed by atoms with Gasteiger partial charge in [0.2, 0.25) is 0 Å². The van der Waals surface area contributed by atoms with Gasteiger partial charge in [0.1, 0.15) is 0 Å². The van der Waals surface area contributed by atoms with E-state index in [2.05, 4.69) is 36.2 Å². The standard InChI is InChI=1S/C16H24N2OS/c1-18(14-4-2-13(11-17)3-5-14)15-6-8-19-16(10-15)7-9-20-12-16/h2-5,15H,6-12,17H2,1H3. The zero-order valence-corrected chi connectivity index (χ0v) is 13.0. The minimum absolute atomic E-state index is 0.152. The molecule has 2 atom stereocenters. The Balaban J connectivity index is 1.70. The molecule has 0 saturated carbocycles. The quantitative estimate of drug-likeness (QED) is 0.929. The molecule has 3 rings (SSSR count). The Hall–Kier alpha value is -0.710. The highest BCUT2D eigenvalue weighted by atomic mass is 32.2. The first kappa shape index (κ1) is 14.2. The molecule has 2 unspecified atom stereocenters. The summed E-state index contributed by atoms with van der Waals surface area (Å²) in [6.45, 7) is 1.51. The second-order valence-electron chi connectivity index (χ2n) is 5.96. The highest BCUT2D eigenvalue weighted by molar-refractivity contribution is 7.99. The SMILES string of the molecule is CN(c1ccc(CN)cc1)C1CCOC2(CCSC2)C1. The Labute approximate surface area is 125 Å². The fourth-order valence-corrected chi connectivity index (χ4v) is 4.65. The number of benzene rings is 1. The van der Waals surface area contributed by atoms with Crippen LogP contribution in [0.2, 0.25) is 0 Å². The minimum Gasteiger partial charge on any atom is -0.374 e. The van der Waals surface area contributed by atoms with E-state index in [1.54, 1.807) is 0 Å². The number of hydrogen-bond donors (Lipinski definition) is 1. The van der Waals surface area contributed by atoms with Gasteiger partial charge in [-0.1, -0.05) is 12.1 Å². The van der Waals surface area contributed by atoms with Crippen LogP contribution in [0, 0.1) is 0 Å². The molecule has 4 heteroatoms. The minimum atomic E-state index is 0.152. The van der Waals surface area contributed by atoms with Gasteiger partial charge in [0.25, 0.3) is 0 Å². The van der Waals surface area contributed by atoms with E-state index in [0.29, 0.717) is 12.6 Å². The van der Waals surface area contributed by atoms with Crippen molar-refractivity contribution in [2.24, 2.45) is 5.73 Å². The van der Waals surface area contributed by atoms with Crippen LogP contribution in [-0.4, -0.2) is 36.8 Å². The second kappa shape index (κ2) is 5.96. The number of nitrogens with zero attached hydrogens (tertiary/aromatic N) is 1. The van der Waals surface area contributed by atoms with Crippen LogP contribution in [0.25, 0.3) is 0 Å². The smallest absolute Gasteiger partial charge is 0.0799 e. The van der Waals surface area contributed by atoms with Crippen molar-refractivity contribution in [3.05, 3.63) is 29.8 Å². The van der Waals surface area contributed by atoms with E-state index in [4.69, 9.17) is 10.5 Å². The molecule has 1 spiro atoms. The van der Waals surface area contributed by atoms with Crippen molar-refractivity contribution in [1.82, 2.24) is 0 Å². The summed E-state index contributed by atoms with van der Waals surface area (Å²) in [5.41, 5.74) is 8.30. The van der Waals surface area contributed by atoms with Gasteiger partial charge < -0.3 is 15.4 Å². The number of ether oxygens (including phenoxy) is 1. The lowest BCUT2D eigenvalue weighted by molar-refractivity contribution is -0.0658. The van der Waals surface area contributed by atoms with Crippen LogP contribution in [0.5, 0.6) is 0 Å². The van der Waals surface area contributed by atoms with E-state index in [1.165, 1.54) is 29.2 Å². The first-order chi connectivity index (χ1) is 9.72. The predicted octanol–water partition coefficient (Wildman–Crippen LogP) is 2.64. The van der Waals surface area contributed by atoms with Crippen molar-refractivity contribution in [1.29, 1.82) is 0 Å². The summed E-state index contributed by atoms with van der Waals surface area (Å²) in [6.07, 6.45) is 3.50. The predicted molar refractivity (Wildman–Crippen MR) is 86.4 cm³/mol. The summed E-state index contributed by atoms with van der Waals surface area (Å²) in [4.78, 5) is 2.42. The highest BCUT2D eigenvalue weighted by Gasteiger charge is 2.41. The molecular weight excluding hydrogens is 268 g/mol. The van der Waals surface area contributed by atoms with Crippen LogP contribution in [-0.2, 0) is 11.3 Å². The van der Waals surface area contributed by atoms with Crippen LogP contribution in [0.15, 0.2) is 24.3 Å². The summed E-state index contributed by atoms with van der Waals surface area (Å²) < 4.78 is 6.12. The third-order valence-corrected chi connectivity index (χ3v) is 5.88. The molecule has 1 aromatic rings. The van der Waals surface area contributed by atoms with Gasteiger partial charge in [-0.2, -0.15) is 11.8 Å². The van der Waals surface area contributed by atoms with E-state index >= 15 is 0 Å². The van der Waals surface area contributed by atoms with E-state index in [-0.39, 0.29) is 5.60 Å². The summed E-state index contributed by atoms with van der Waals surface area (Å²) in [6, 6.07) is 9.23. The molecule has 2 heterocycles. The molecule has 2 N–H and O–H groups in total. The third-order valence-electron chi connectivity index (χ3n) is 4.66. The highest BCUT2D eigenvalue weighted by Crippen LogP contribution is 2.40. The maximum Gasteiger partial charge on any atom is 0.0799 e. The lowest BCUT2D eigenvalue weighted by atomic mass is 9.89. The largest absolute Gasteiger partial charge is 0.374 e. The molecule has 2 saturated heterocycles. The van der Waals surface area contributed by atoms with Gasteiger partial charge >= 0.3 is 0 Å². The average molecular weight is 292 g/mol. The second-order valence-corrected chi connectivity index (χ2v) is 7.07. The van der Waals surface area contributed by atoms with Crippen molar-refractivity contribution in [2.45, 2.75) is 37.5 Å². The Morgan fingerprint density at radius 1 is 1.40 bits per heavy atom. The molecule has 3 nitrogen and oxygen atoms in total. The number of rotatable bonds is 3. The van der Waals surface area contributed by atoms with Crippen LogP contribution >= 0.6 is 11.8 Å². The number of thioether (sulfide) groups is 1.